The molecule has 8 heavy (non-hydrogen) atoms. The first-order valence-electron chi connectivity index (χ1n) is 2.23. The third kappa shape index (κ3) is 6.06. The topological polar surface area (TPSA) is 53.7 Å². The highest BCUT2D eigenvalue weighted by atomic mass is 28.2. The Hall–Kier alpha value is 0.0569. The van der Waals surface area contributed by atoms with Crippen LogP contribution < -0.4 is 5.73 Å². The van der Waals surface area contributed by atoms with Gasteiger partial charge in [-0.05, 0) is 13.0 Å². The Morgan fingerprint density at radius 3 is 2.75 bits per heavy atom. The normalized spacial score (nSPS) is 9.75. The monoisotopic (exact) mass is 134 g/mol. The van der Waals surface area contributed by atoms with Gasteiger partial charge in [0.05, 0.1) is 6.61 Å². The van der Waals surface area contributed by atoms with E-state index in [-0.39, 0.29) is 0 Å². The van der Waals surface area contributed by atoms with Crippen molar-refractivity contribution in [1.82, 2.24) is 0 Å². The van der Waals surface area contributed by atoms with Crippen LogP contribution in [0.2, 0.25) is 0 Å². The van der Waals surface area contributed by atoms with E-state index >= 15 is 0 Å². The molecule has 2 N–H and O–H groups in total. The third-order valence-corrected chi connectivity index (χ3v) is 0.582. The van der Waals surface area contributed by atoms with E-state index in [0.29, 0.717) is 13.2 Å². The van der Waals surface area contributed by atoms with E-state index in [4.69, 9.17) is 5.73 Å². The van der Waals surface area contributed by atoms with Crippen molar-refractivity contribution in [2.24, 2.45) is 5.73 Å². The van der Waals surface area contributed by atoms with E-state index in [9.17, 15) is 0 Å². The molecule has 0 saturated carbocycles. The van der Waals surface area contributed by atoms with Gasteiger partial charge >= 0.3 is 10.5 Å². The molecule has 47 valence electrons. The zero-order valence-electron chi connectivity index (χ0n) is 4.42. The quantitative estimate of drug-likeness (QED) is 0.234. The molecule has 0 rings (SSSR count). The molecule has 0 aliphatic carbocycles. The van der Waals surface area contributed by atoms with Crippen molar-refractivity contribution in [3.05, 3.63) is 0 Å². The molecule has 0 spiro atoms. The molecule has 0 saturated heterocycles. The molecule has 3 radical (unpaired) electrons. The lowest BCUT2D eigenvalue weighted by molar-refractivity contribution is -0.466. The van der Waals surface area contributed by atoms with Gasteiger partial charge in [0, 0.05) is 0 Å². The molecule has 0 aliphatic rings. The van der Waals surface area contributed by atoms with Crippen LogP contribution in [0.15, 0.2) is 0 Å². The van der Waals surface area contributed by atoms with Gasteiger partial charge in [-0.2, -0.15) is 0 Å². The lowest BCUT2D eigenvalue weighted by atomic mass is 10.5. The standard InChI is InChI=1S/C3H8NO3Si/c4-2-1-3-5-6-7-8/h1-4H2. The number of rotatable bonds is 5. The fraction of sp³-hybridized carbons (Fsp3) is 1.00. The van der Waals surface area contributed by atoms with Crippen LogP contribution in [0.1, 0.15) is 6.42 Å². The largest absolute Gasteiger partial charge is 0.330 e. The molecule has 0 amide bonds. The van der Waals surface area contributed by atoms with Gasteiger partial charge in [0.1, 0.15) is 0 Å². The molecule has 4 nitrogen and oxygen atoms in total. The predicted molar refractivity (Wildman–Crippen MR) is 27.5 cm³/mol. The lowest BCUT2D eigenvalue weighted by Crippen LogP contribution is -2.04. The van der Waals surface area contributed by atoms with Crippen LogP contribution in [0.5, 0.6) is 0 Å². The Bertz CT molecular complexity index is 39.5. The molecule has 5 heteroatoms. The van der Waals surface area contributed by atoms with Crippen LogP contribution in [0.3, 0.4) is 0 Å². The molecule has 0 atom stereocenters. The smallest absolute Gasteiger partial charge is 0.307 e. The van der Waals surface area contributed by atoms with Crippen molar-refractivity contribution >= 4 is 10.5 Å². The van der Waals surface area contributed by atoms with Crippen molar-refractivity contribution in [2.45, 2.75) is 6.42 Å². The van der Waals surface area contributed by atoms with Gasteiger partial charge in [0.25, 0.3) is 0 Å². The maximum absolute atomic E-state index is 5.12. The van der Waals surface area contributed by atoms with Crippen molar-refractivity contribution in [1.29, 1.82) is 0 Å². The molecular formula is C3H8NO3Si. The highest BCUT2D eigenvalue weighted by molar-refractivity contribution is 5.97. The van der Waals surface area contributed by atoms with Crippen LogP contribution in [-0.4, -0.2) is 23.6 Å². The van der Waals surface area contributed by atoms with E-state index in [0.717, 1.165) is 6.42 Å². The second kappa shape index (κ2) is 7.06. The molecule has 0 aromatic carbocycles. The zero-order chi connectivity index (χ0) is 6.24. The summed E-state index contributed by atoms with van der Waals surface area (Å²) in [6.45, 7) is 1.03. The molecule has 0 aliphatic heterocycles. The summed E-state index contributed by atoms with van der Waals surface area (Å²) in [5.74, 6) is 0. The first kappa shape index (κ1) is 8.06. The number of nitrogens with two attached hydrogens (primary N) is 1. The zero-order valence-corrected chi connectivity index (χ0v) is 5.42. The maximum atomic E-state index is 5.12. The highest BCUT2D eigenvalue weighted by Crippen LogP contribution is 1.79. The summed E-state index contributed by atoms with van der Waals surface area (Å²) in [5, 5.41) is 3.99. The fourth-order valence-corrected chi connectivity index (χ4v) is 0.248. The van der Waals surface area contributed by atoms with E-state index in [1.54, 1.807) is 0 Å². The van der Waals surface area contributed by atoms with Crippen molar-refractivity contribution < 1.29 is 14.5 Å². The second-order valence-corrected chi connectivity index (χ2v) is 1.28. The van der Waals surface area contributed by atoms with Crippen molar-refractivity contribution in [3.8, 4) is 0 Å². The summed E-state index contributed by atoms with van der Waals surface area (Å²) in [7, 11) is 2.57. The highest BCUT2D eigenvalue weighted by Gasteiger charge is 1.83. The Morgan fingerprint density at radius 1 is 1.50 bits per heavy atom. The molecule has 0 aromatic rings. The Balaban J connectivity index is 2.53. The summed E-state index contributed by atoms with van der Waals surface area (Å²) < 4.78 is 3.93. The van der Waals surface area contributed by atoms with Gasteiger partial charge in [0.15, 0.2) is 0 Å². The molecule has 0 heterocycles. The summed E-state index contributed by atoms with van der Waals surface area (Å²) in [4.78, 5) is 4.37. The van der Waals surface area contributed by atoms with Crippen LogP contribution >= 0.6 is 0 Å². The van der Waals surface area contributed by atoms with Gasteiger partial charge in [0.2, 0.25) is 0 Å². The first-order valence-corrected chi connectivity index (χ1v) is 2.64. The van der Waals surface area contributed by atoms with E-state index in [1.165, 1.54) is 0 Å². The van der Waals surface area contributed by atoms with Crippen molar-refractivity contribution in [2.75, 3.05) is 13.2 Å². The summed E-state index contributed by atoms with van der Waals surface area (Å²) in [6.07, 6.45) is 0.760. The van der Waals surface area contributed by atoms with Gasteiger partial charge in [-0.1, -0.05) is 5.04 Å². The van der Waals surface area contributed by atoms with E-state index in [1.807, 2.05) is 0 Å². The molecule has 0 aromatic heterocycles. The molecule has 0 unspecified atom stereocenters. The minimum absolute atomic E-state index is 0.445. The van der Waals surface area contributed by atoms with E-state index < -0.39 is 0 Å². The van der Waals surface area contributed by atoms with Gasteiger partial charge in [-0.15, -0.1) is 0 Å². The molecule has 0 fully saturated rings. The molecular weight excluding hydrogens is 126 g/mol. The predicted octanol–water partition coefficient (Wildman–Crippen LogP) is -0.702. The third-order valence-electron chi connectivity index (χ3n) is 0.514. The average Bonchev–Trinajstić information content (AvgIpc) is 1.81. The van der Waals surface area contributed by atoms with Gasteiger partial charge in [-0.3, -0.25) is 4.58 Å². The summed E-state index contributed by atoms with van der Waals surface area (Å²) in [5.41, 5.74) is 5.12. The van der Waals surface area contributed by atoms with Crippen LogP contribution in [0.4, 0.5) is 0 Å². The van der Waals surface area contributed by atoms with Crippen LogP contribution in [-0.2, 0) is 14.5 Å². The minimum atomic E-state index is 0.445. The first-order chi connectivity index (χ1) is 3.91. The van der Waals surface area contributed by atoms with Crippen LogP contribution in [0, 0.1) is 0 Å². The average molecular weight is 134 g/mol. The lowest BCUT2D eigenvalue weighted by Gasteiger charge is -1.96. The SMILES string of the molecule is NCCCOOO[Si]. The van der Waals surface area contributed by atoms with Gasteiger partial charge < -0.3 is 5.73 Å². The second-order valence-electron chi connectivity index (χ2n) is 1.12. The van der Waals surface area contributed by atoms with Crippen LogP contribution in [0.25, 0.3) is 0 Å². The maximum Gasteiger partial charge on any atom is 0.307 e. The Labute approximate surface area is 51.3 Å². The number of hydrogen-bond donors (Lipinski definition) is 1. The Kier molecular flexibility index (Phi) is 7.11. The van der Waals surface area contributed by atoms with Crippen molar-refractivity contribution in [3.63, 3.8) is 0 Å². The molecule has 0 bridgehead atoms. The fourth-order valence-electron chi connectivity index (χ4n) is 0.200. The summed E-state index contributed by atoms with van der Waals surface area (Å²) >= 11 is 0. The minimum Gasteiger partial charge on any atom is -0.330 e. The Morgan fingerprint density at radius 2 is 2.25 bits per heavy atom. The van der Waals surface area contributed by atoms with Gasteiger partial charge in [-0.25, -0.2) is 4.89 Å². The van der Waals surface area contributed by atoms with E-state index in [2.05, 4.69) is 25.0 Å². The number of hydrogen-bond acceptors (Lipinski definition) is 4. The summed E-state index contributed by atoms with van der Waals surface area (Å²) in [6, 6.07) is 0.